The molecular weight excluding hydrogens is 314 g/mol. The van der Waals surface area contributed by atoms with Gasteiger partial charge in [0.15, 0.2) is 0 Å². The second kappa shape index (κ2) is 7.78. The highest BCUT2D eigenvalue weighted by Gasteiger charge is 2.36. The van der Waals surface area contributed by atoms with Crippen LogP contribution in [0.25, 0.3) is 0 Å². The number of carbonyl (C=O) groups excluding carboxylic acids is 1. The van der Waals surface area contributed by atoms with E-state index < -0.39 is 0 Å². The van der Waals surface area contributed by atoms with Crippen molar-refractivity contribution in [2.24, 2.45) is 7.05 Å². The summed E-state index contributed by atoms with van der Waals surface area (Å²) in [4.78, 5) is 23.8. The molecule has 2 aromatic rings. The van der Waals surface area contributed by atoms with Gasteiger partial charge in [-0.15, -0.1) is 0 Å². The Balaban J connectivity index is 1.72. The number of nitrogens with zero attached hydrogens (tertiary/aromatic N) is 4. The number of amides is 1. The minimum absolute atomic E-state index is 0.0372. The Bertz CT molecular complexity index is 689. The molecular formula is C19H27N5O. The number of piperidine rings is 1. The molecule has 6 nitrogen and oxygen atoms in total. The van der Waals surface area contributed by atoms with Gasteiger partial charge in [-0.3, -0.25) is 9.78 Å². The molecule has 0 bridgehead atoms. The third-order valence-corrected chi connectivity index (χ3v) is 5.15. The Morgan fingerprint density at radius 2 is 2.04 bits per heavy atom. The normalized spacial score (nSPS) is 17.4. The molecule has 6 heteroatoms. The van der Waals surface area contributed by atoms with E-state index in [9.17, 15) is 4.79 Å². The second-order valence-electron chi connectivity index (χ2n) is 6.89. The maximum atomic E-state index is 12.7. The third-order valence-electron chi connectivity index (χ3n) is 5.15. The van der Waals surface area contributed by atoms with Crippen molar-refractivity contribution in [2.75, 3.05) is 19.6 Å². The van der Waals surface area contributed by atoms with Crippen LogP contribution in [0.15, 0.2) is 36.8 Å². The number of imidazole rings is 1. The fraction of sp³-hybridized carbons (Fsp3) is 0.526. The minimum atomic E-state index is -0.220. The van der Waals surface area contributed by atoms with Gasteiger partial charge in [-0.25, -0.2) is 4.98 Å². The van der Waals surface area contributed by atoms with Crippen molar-refractivity contribution in [1.29, 1.82) is 0 Å². The van der Waals surface area contributed by atoms with Crippen LogP contribution in [0.1, 0.15) is 31.3 Å². The molecule has 0 radical (unpaired) electrons. The van der Waals surface area contributed by atoms with Gasteiger partial charge in [-0.2, -0.15) is 0 Å². The largest absolute Gasteiger partial charge is 0.350 e. The molecule has 1 N–H and O–H groups in total. The van der Waals surface area contributed by atoms with Crippen LogP contribution >= 0.6 is 0 Å². The van der Waals surface area contributed by atoms with E-state index in [-0.39, 0.29) is 11.4 Å². The lowest BCUT2D eigenvalue weighted by atomic mass is 9.82. The van der Waals surface area contributed by atoms with Gasteiger partial charge in [0.25, 0.3) is 0 Å². The quantitative estimate of drug-likeness (QED) is 0.866. The molecule has 0 spiro atoms. The Labute approximate surface area is 149 Å². The first-order valence-corrected chi connectivity index (χ1v) is 9.00. The second-order valence-corrected chi connectivity index (χ2v) is 6.89. The minimum Gasteiger partial charge on any atom is -0.350 e. The number of aromatic nitrogens is 3. The lowest BCUT2D eigenvalue weighted by Crippen LogP contribution is -2.57. The first-order valence-electron chi connectivity index (χ1n) is 9.00. The highest BCUT2D eigenvalue weighted by molar-refractivity contribution is 5.78. The van der Waals surface area contributed by atoms with E-state index in [2.05, 4.69) is 27.1 Å². The molecule has 0 atom stereocenters. The van der Waals surface area contributed by atoms with Crippen LogP contribution in [0.3, 0.4) is 0 Å². The molecule has 3 heterocycles. The Morgan fingerprint density at radius 1 is 1.24 bits per heavy atom. The lowest BCUT2D eigenvalue weighted by molar-refractivity contribution is -0.123. The average molecular weight is 341 g/mol. The van der Waals surface area contributed by atoms with Gasteiger partial charge >= 0.3 is 0 Å². The van der Waals surface area contributed by atoms with Crippen molar-refractivity contribution >= 4 is 5.91 Å². The maximum absolute atomic E-state index is 12.7. The molecule has 0 aliphatic carbocycles. The monoisotopic (exact) mass is 341 g/mol. The standard InChI is InChI=1S/C19H27N5O/c1-3-24-11-7-19(8-12-24,15-16-6-4-5-9-20-16)22-18(25)14-17-21-10-13-23(17)2/h4-6,9-10,13H,3,7-8,11-12,14-15H2,1-2H3,(H,22,25). The number of aryl methyl sites for hydroxylation is 1. The van der Waals surface area contributed by atoms with Gasteiger partial charge in [0, 0.05) is 56.4 Å². The number of nitrogens with one attached hydrogen (secondary N) is 1. The summed E-state index contributed by atoms with van der Waals surface area (Å²) in [7, 11) is 1.92. The first-order chi connectivity index (χ1) is 12.1. The van der Waals surface area contributed by atoms with Crippen LogP contribution < -0.4 is 5.32 Å². The van der Waals surface area contributed by atoms with Gasteiger partial charge in [0.1, 0.15) is 5.82 Å². The highest BCUT2D eigenvalue weighted by Crippen LogP contribution is 2.26. The molecule has 1 amide bonds. The summed E-state index contributed by atoms with van der Waals surface area (Å²) in [6.07, 6.45) is 8.40. The zero-order valence-corrected chi connectivity index (χ0v) is 15.1. The predicted molar refractivity (Wildman–Crippen MR) is 97.1 cm³/mol. The number of likely N-dealkylation sites (tertiary alicyclic amines) is 1. The molecule has 134 valence electrons. The van der Waals surface area contributed by atoms with E-state index in [1.165, 1.54) is 0 Å². The summed E-state index contributed by atoms with van der Waals surface area (Å²) in [5, 5.41) is 3.33. The SMILES string of the molecule is CCN1CCC(Cc2ccccn2)(NC(=O)Cc2nccn2C)CC1. The van der Waals surface area contributed by atoms with Gasteiger partial charge in [-0.05, 0) is 31.5 Å². The Hall–Kier alpha value is -2.21. The summed E-state index contributed by atoms with van der Waals surface area (Å²) < 4.78 is 1.89. The highest BCUT2D eigenvalue weighted by atomic mass is 16.1. The smallest absolute Gasteiger partial charge is 0.228 e. The molecule has 1 aliphatic heterocycles. The molecule has 3 rings (SSSR count). The summed E-state index contributed by atoms with van der Waals surface area (Å²) >= 11 is 0. The first kappa shape index (κ1) is 17.6. The van der Waals surface area contributed by atoms with Crippen LogP contribution in [0.5, 0.6) is 0 Å². The predicted octanol–water partition coefficient (Wildman–Crippen LogP) is 1.57. The summed E-state index contributed by atoms with van der Waals surface area (Å²) in [5.41, 5.74) is 0.812. The summed E-state index contributed by atoms with van der Waals surface area (Å²) in [6.45, 7) is 5.25. The zero-order valence-electron chi connectivity index (χ0n) is 15.1. The van der Waals surface area contributed by atoms with Crippen molar-refractivity contribution in [3.05, 3.63) is 48.3 Å². The van der Waals surface area contributed by atoms with E-state index in [0.29, 0.717) is 6.42 Å². The van der Waals surface area contributed by atoms with Gasteiger partial charge < -0.3 is 14.8 Å². The van der Waals surface area contributed by atoms with E-state index in [0.717, 1.165) is 50.4 Å². The van der Waals surface area contributed by atoms with Crippen LogP contribution in [-0.4, -0.2) is 50.5 Å². The number of rotatable bonds is 6. The van der Waals surface area contributed by atoms with Gasteiger partial charge in [0.2, 0.25) is 5.91 Å². The number of carbonyl (C=O) groups is 1. The number of hydrogen-bond donors (Lipinski definition) is 1. The molecule has 0 saturated carbocycles. The van der Waals surface area contributed by atoms with E-state index in [4.69, 9.17) is 0 Å². The van der Waals surface area contributed by atoms with Gasteiger partial charge in [-0.1, -0.05) is 13.0 Å². The van der Waals surface area contributed by atoms with E-state index in [1.54, 1.807) is 6.20 Å². The number of hydrogen-bond acceptors (Lipinski definition) is 4. The van der Waals surface area contributed by atoms with E-state index >= 15 is 0 Å². The van der Waals surface area contributed by atoms with Crippen LogP contribution in [0, 0.1) is 0 Å². The van der Waals surface area contributed by atoms with Crippen LogP contribution in [0.4, 0.5) is 0 Å². The fourth-order valence-electron chi connectivity index (χ4n) is 3.54. The Kier molecular flexibility index (Phi) is 5.48. The molecule has 25 heavy (non-hydrogen) atoms. The molecule has 0 aromatic carbocycles. The molecule has 1 saturated heterocycles. The van der Waals surface area contributed by atoms with Crippen molar-refractivity contribution in [2.45, 2.75) is 38.1 Å². The van der Waals surface area contributed by atoms with Gasteiger partial charge in [0.05, 0.1) is 6.42 Å². The van der Waals surface area contributed by atoms with Crippen molar-refractivity contribution in [3.8, 4) is 0 Å². The average Bonchev–Trinajstić information content (AvgIpc) is 3.01. The third kappa shape index (κ3) is 4.45. The molecule has 2 aromatic heterocycles. The van der Waals surface area contributed by atoms with Crippen molar-refractivity contribution < 1.29 is 4.79 Å². The zero-order chi connectivity index (χ0) is 17.7. The molecule has 1 aliphatic rings. The van der Waals surface area contributed by atoms with E-state index in [1.807, 2.05) is 42.2 Å². The van der Waals surface area contributed by atoms with Crippen LogP contribution in [-0.2, 0) is 24.7 Å². The maximum Gasteiger partial charge on any atom is 0.228 e. The lowest BCUT2D eigenvalue weighted by Gasteiger charge is -2.42. The fourth-order valence-corrected chi connectivity index (χ4v) is 3.54. The number of pyridine rings is 1. The molecule has 0 unspecified atom stereocenters. The summed E-state index contributed by atoms with van der Waals surface area (Å²) in [6, 6.07) is 5.97. The topological polar surface area (TPSA) is 63.1 Å². The summed E-state index contributed by atoms with van der Waals surface area (Å²) in [5.74, 6) is 0.826. The molecule has 1 fully saturated rings. The van der Waals surface area contributed by atoms with Crippen molar-refractivity contribution in [3.63, 3.8) is 0 Å². The Morgan fingerprint density at radius 3 is 2.64 bits per heavy atom. The van der Waals surface area contributed by atoms with Crippen LogP contribution in [0.2, 0.25) is 0 Å². The van der Waals surface area contributed by atoms with Crippen molar-refractivity contribution in [1.82, 2.24) is 24.8 Å².